The first-order chi connectivity index (χ1) is 10.9. The van der Waals surface area contributed by atoms with E-state index in [0.29, 0.717) is 13.2 Å². The minimum absolute atomic E-state index is 0.593. The summed E-state index contributed by atoms with van der Waals surface area (Å²) in [6.45, 7) is 3.42. The average molecular weight is 293 g/mol. The predicted molar refractivity (Wildman–Crippen MR) is 89.3 cm³/mol. The van der Waals surface area contributed by atoms with Gasteiger partial charge in [-0.1, -0.05) is 37.3 Å². The first-order valence-electron chi connectivity index (χ1n) is 7.53. The fourth-order valence-electron chi connectivity index (χ4n) is 2.41. The smallest absolute Gasteiger partial charge is 0.137 e. The number of benzene rings is 2. The number of nitrogens with one attached hydrogen (secondary N) is 1. The highest BCUT2D eigenvalue weighted by molar-refractivity contribution is 5.88. The Morgan fingerprint density at radius 1 is 1.00 bits per heavy atom. The van der Waals surface area contributed by atoms with Gasteiger partial charge in [0.25, 0.3) is 0 Å². The molecule has 1 N–H and O–H groups in total. The van der Waals surface area contributed by atoms with Crippen molar-refractivity contribution in [1.29, 1.82) is 0 Å². The minimum atomic E-state index is 0.593. The molecule has 0 unspecified atom stereocenters. The van der Waals surface area contributed by atoms with Crippen LogP contribution >= 0.6 is 0 Å². The fourth-order valence-corrected chi connectivity index (χ4v) is 2.41. The highest BCUT2D eigenvalue weighted by Crippen LogP contribution is 2.19. The third kappa shape index (κ3) is 3.17. The summed E-state index contributed by atoms with van der Waals surface area (Å²) in [6, 6.07) is 16.1. The maximum atomic E-state index is 5.86. The van der Waals surface area contributed by atoms with Crippen molar-refractivity contribution < 1.29 is 4.74 Å². The Morgan fingerprint density at radius 3 is 2.73 bits per heavy atom. The van der Waals surface area contributed by atoms with Crippen LogP contribution in [0.5, 0.6) is 5.75 Å². The average Bonchev–Trinajstić information content (AvgIpc) is 2.59. The molecule has 112 valence electrons. The SMILES string of the molecule is CCc1ccccc1OCCNc1ncnc2ccccc12. The van der Waals surface area contributed by atoms with Crippen LogP contribution in [0.15, 0.2) is 54.9 Å². The number of para-hydroxylation sites is 2. The zero-order valence-corrected chi connectivity index (χ0v) is 12.6. The van der Waals surface area contributed by atoms with Crippen molar-refractivity contribution in [2.75, 3.05) is 18.5 Å². The van der Waals surface area contributed by atoms with E-state index < -0.39 is 0 Å². The minimum Gasteiger partial charge on any atom is -0.491 e. The zero-order chi connectivity index (χ0) is 15.2. The van der Waals surface area contributed by atoms with E-state index >= 15 is 0 Å². The molecule has 0 atom stereocenters. The van der Waals surface area contributed by atoms with Crippen LogP contribution in [0.1, 0.15) is 12.5 Å². The molecular formula is C18H19N3O. The number of aromatic nitrogens is 2. The monoisotopic (exact) mass is 293 g/mol. The van der Waals surface area contributed by atoms with Crippen LogP contribution in [0.2, 0.25) is 0 Å². The number of aryl methyl sites for hydroxylation is 1. The molecular weight excluding hydrogens is 274 g/mol. The maximum Gasteiger partial charge on any atom is 0.137 e. The van der Waals surface area contributed by atoms with Gasteiger partial charge in [0.05, 0.1) is 12.1 Å². The second-order valence-corrected chi connectivity index (χ2v) is 4.98. The van der Waals surface area contributed by atoms with Gasteiger partial charge in [-0.15, -0.1) is 0 Å². The molecule has 4 heteroatoms. The van der Waals surface area contributed by atoms with Crippen LogP contribution in [0.4, 0.5) is 5.82 Å². The molecule has 0 fully saturated rings. The van der Waals surface area contributed by atoms with Gasteiger partial charge < -0.3 is 10.1 Å². The Kier molecular flexibility index (Phi) is 4.49. The lowest BCUT2D eigenvalue weighted by Crippen LogP contribution is -2.13. The van der Waals surface area contributed by atoms with Crippen LogP contribution in [-0.2, 0) is 6.42 Å². The van der Waals surface area contributed by atoms with Crippen molar-refractivity contribution in [2.45, 2.75) is 13.3 Å². The van der Waals surface area contributed by atoms with Crippen LogP contribution in [0, 0.1) is 0 Å². The molecule has 0 aliphatic heterocycles. The lowest BCUT2D eigenvalue weighted by atomic mass is 10.1. The number of rotatable bonds is 6. The quantitative estimate of drug-likeness (QED) is 0.704. The summed E-state index contributed by atoms with van der Waals surface area (Å²) in [6.07, 6.45) is 2.55. The molecule has 0 saturated carbocycles. The fraction of sp³-hybridized carbons (Fsp3) is 0.222. The predicted octanol–water partition coefficient (Wildman–Crippen LogP) is 3.68. The van der Waals surface area contributed by atoms with E-state index in [4.69, 9.17) is 4.74 Å². The third-order valence-electron chi connectivity index (χ3n) is 3.55. The molecule has 0 aliphatic rings. The lowest BCUT2D eigenvalue weighted by Gasteiger charge is -2.11. The largest absolute Gasteiger partial charge is 0.491 e. The second kappa shape index (κ2) is 6.89. The summed E-state index contributed by atoms with van der Waals surface area (Å²) in [4.78, 5) is 8.57. The van der Waals surface area contributed by atoms with E-state index in [0.717, 1.165) is 28.9 Å². The highest BCUT2D eigenvalue weighted by Gasteiger charge is 2.03. The molecule has 0 spiro atoms. The van der Waals surface area contributed by atoms with Crippen molar-refractivity contribution in [3.63, 3.8) is 0 Å². The van der Waals surface area contributed by atoms with Gasteiger partial charge in [0, 0.05) is 5.39 Å². The number of fused-ring (bicyclic) bond motifs is 1. The summed E-state index contributed by atoms with van der Waals surface area (Å²) in [7, 11) is 0. The van der Waals surface area contributed by atoms with Crippen LogP contribution < -0.4 is 10.1 Å². The van der Waals surface area contributed by atoms with Gasteiger partial charge in [-0.2, -0.15) is 0 Å². The van der Waals surface area contributed by atoms with Crippen LogP contribution in [-0.4, -0.2) is 23.1 Å². The molecule has 1 heterocycles. The Bertz CT molecular complexity index is 753. The van der Waals surface area contributed by atoms with Crippen molar-refractivity contribution in [3.8, 4) is 5.75 Å². The van der Waals surface area contributed by atoms with Crippen LogP contribution in [0.3, 0.4) is 0 Å². The normalized spacial score (nSPS) is 10.6. The van der Waals surface area contributed by atoms with E-state index in [1.807, 2.05) is 42.5 Å². The number of ether oxygens (including phenoxy) is 1. The summed E-state index contributed by atoms with van der Waals surface area (Å²) < 4.78 is 5.86. The molecule has 3 rings (SSSR count). The van der Waals surface area contributed by atoms with Gasteiger partial charge >= 0.3 is 0 Å². The van der Waals surface area contributed by atoms with Gasteiger partial charge in [0.15, 0.2) is 0 Å². The van der Waals surface area contributed by atoms with E-state index in [2.05, 4.69) is 28.3 Å². The van der Waals surface area contributed by atoms with Gasteiger partial charge in [0.1, 0.15) is 24.5 Å². The van der Waals surface area contributed by atoms with Crippen molar-refractivity contribution in [1.82, 2.24) is 9.97 Å². The molecule has 0 aliphatic carbocycles. The molecule has 0 amide bonds. The lowest BCUT2D eigenvalue weighted by molar-refractivity contribution is 0.329. The molecule has 3 aromatic rings. The first kappa shape index (κ1) is 14.3. The van der Waals surface area contributed by atoms with E-state index in [1.165, 1.54) is 5.56 Å². The second-order valence-electron chi connectivity index (χ2n) is 4.98. The van der Waals surface area contributed by atoms with Gasteiger partial charge in [-0.05, 0) is 30.2 Å². The van der Waals surface area contributed by atoms with Crippen molar-refractivity contribution in [2.24, 2.45) is 0 Å². The number of hydrogen-bond donors (Lipinski definition) is 1. The summed E-state index contributed by atoms with van der Waals surface area (Å²) in [5.41, 5.74) is 2.17. The Morgan fingerprint density at radius 2 is 1.82 bits per heavy atom. The highest BCUT2D eigenvalue weighted by atomic mass is 16.5. The number of anilines is 1. The van der Waals surface area contributed by atoms with Crippen LogP contribution in [0.25, 0.3) is 10.9 Å². The summed E-state index contributed by atoms with van der Waals surface area (Å²) >= 11 is 0. The third-order valence-corrected chi connectivity index (χ3v) is 3.55. The molecule has 0 saturated heterocycles. The summed E-state index contributed by atoms with van der Waals surface area (Å²) in [5.74, 6) is 1.80. The number of hydrogen-bond acceptors (Lipinski definition) is 4. The molecule has 2 aromatic carbocycles. The maximum absolute atomic E-state index is 5.86. The topological polar surface area (TPSA) is 47.0 Å². The Hall–Kier alpha value is -2.62. The first-order valence-corrected chi connectivity index (χ1v) is 7.53. The summed E-state index contributed by atoms with van der Waals surface area (Å²) in [5, 5.41) is 4.35. The van der Waals surface area contributed by atoms with Crippen molar-refractivity contribution in [3.05, 3.63) is 60.4 Å². The zero-order valence-electron chi connectivity index (χ0n) is 12.6. The Labute approximate surface area is 130 Å². The standard InChI is InChI=1S/C18H19N3O/c1-2-14-7-3-6-10-17(14)22-12-11-19-18-15-8-4-5-9-16(15)20-13-21-18/h3-10,13H,2,11-12H2,1H3,(H,19,20,21). The molecule has 4 nitrogen and oxygen atoms in total. The van der Waals surface area contributed by atoms with E-state index in [-0.39, 0.29) is 0 Å². The van der Waals surface area contributed by atoms with Crippen molar-refractivity contribution >= 4 is 16.7 Å². The Balaban J connectivity index is 1.61. The molecule has 22 heavy (non-hydrogen) atoms. The van der Waals surface area contributed by atoms with Gasteiger partial charge in [-0.3, -0.25) is 0 Å². The van der Waals surface area contributed by atoms with Gasteiger partial charge in [0.2, 0.25) is 0 Å². The molecule has 0 bridgehead atoms. The van der Waals surface area contributed by atoms with E-state index in [9.17, 15) is 0 Å². The van der Waals surface area contributed by atoms with Gasteiger partial charge in [-0.25, -0.2) is 9.97 Å². The molecule has 1 aromatic heterocycles. The van der Waals surface area contributed by atoms with E-state index in [1.54, 1.807) is 6.33 Å². The number of nitrogens with zero attached hydrogens (tertiary/aromatic N) is 2. The molecule has 0 radical (unpaired) electrons.